The van der Waals surface area contributed by atoms with Gasteiger partial charge in [0.15, 0.2) is 0 Å². The smallest absolute Gasteiger partial charge is 0.264 e. The van der Waals surface area contributed by atoms with E-state index in [4.69, 9.17) is 4.74 Å². The fourth-order valence-corrected chi connectivity index (χ4v) is 5.99. The molecule has 0 unspecified atom stereocenters. The molecule has 1 N–H and O–H groups in total. The number of ether oxygens (including phenoxy) is 1. The normalized spacial score (nSPS) is 11.9. The number of rotatable bonds is 15. The summed E-state index contributed by atoms with van der Waals surface area (Å²) in [6.07, 6.45) is 2.14. The van der Waals surface area contributed by atoms with Crippen LogP contribution in [0, 0.1) is 6.92 Å². The van der Waals surface area contributed by atoms with E-state index >= 15 is 0 Å². The molecule has 3 rings (SSSR count). The Morgan fingerprint density at radius 3 is 2.24 bits per heavy atom. The third-order valence-electron chi connectivity index (χ3n) is 6.70. The number of carbonyl (C=O) groups is 2. The van der Waals surface area contributed by atoms with Crippen molar-refractivity contribution in [1.29, 1.82) is 0 Å². The van der Waals surface area contributed by atoms with Gasteiger partial charge in [0.2, 0.25) is 11.8 Å². The molecular formula is C32H41N3O5S. The van der Waals surface area contributed by atoms with Gasteiger partial charge in [-0.15, -0.1) is 0 Å². The van der Waals surface area contributed by atoms with E-state index in [1.54, 1.807) is 42.5 Å². The van der Waals surface area contributed by atoms with E-state index in [1.807, 2.05) is 52.0 Å². The molecule has 3 aromatic rings. The second-order valence-corrected chi connectivity index (χ2v) is 11.7. The molecule has 8 nitrogen and oxygen atoms in total. The number of hydrogen-bond donors (Lipinski definition) is 1. The molecule has 0 aromatic heterocycles. The highest BCUT2D eigenvalue weighted by molar-refractivity contribution is 7.92. The number of anilines is 1. The summed E-state index contributed by atoms with van der Waals surface area (Å²) in [6, 6.07) is 21.6. The van der Waals surface area contributed by atoms with Crippen molar-refractivity contribution in [3.05, 3.63) is 90.0 Å². The molecule has 0 aliphatic rings. The highest BCUT2D eigenvalue weighted by atomic mass is 32.2. The fourth-order valence-electron chi connectivity index (χ4n) is 4.56. The fraction of sp³-hybridized carbons (Fsp3) is 0.375. The van der Waals surface area contributed by atoms with Crippen LogP contribution in [-0.4, -0.2) is 50.9 Å². The number of benzene rings is 3. The summed E-state index contributed by atoms with van der Waals surface area (Å²) < 4.78 is 34.4. The molecule has 1 atom stereocenters. The Bertz CT molecular complexity index is 1380. The molecule has 2 amide bonds. The molecule has 0 bridgehead atoms. The number of aryl methyl sites for hydroxylation is 1. The zero-order valence-electron chi connectivity index (χ0n) is 24.4. The topological polar surface area (TPSA) is 96.0 Å². The third-order valence-corrected chi connectivity index (χ3v) is 8.48. The summed E-state index contributed by atoms with van der Waals surface area (Å²) in [7, 11) is -4.11. The van der Waals surface area contributed by atoms with Crippen LogP contribution in [-0.2, 0) is 26.2 Å². The Balaban J connectivity index is 2.02. The van der Waals surface area contributed by atoms with Gasteiger partial charge in [-0.1, -0.05) is 68.3 Å². The van der Waals surface area contributed by atoms with Crippen molar-refractivity contribution in [3.63, 3.8) is 0 Å². The van der Waals surface area contributed by atoms with Gasteiger partial charge in [-0.2, -0.15) is 0 Å². The first kappa shape index (κ1) is 31.7. The van der Waals surface area contributed by atoms with E-state index in [0.717, 1.165) is 28.3 Å². The Kier molecular flexibility index (Phi) is 11.8. The minimum atomic E-state index is -4.11. The Morgan fingerprint density at radius 2 is 1.63 bits per heavy atom. The van der Waals surface area contributed by atoms with Crippen LogP contribution in [0.1, 0.15) is 51.2 Å². The van der Waals surface area contributed by atoms with Gasteiger partial charge >= 0.3 is 0 Å². The lowest BCUT2D eigenvalue weighted by Crippen LogP contribution is -2.52. The van der Waals surface area contributed by atoms with Crippen LogP contribution in [0.5, 0.6) is 5.75 Å². The highest BCUT2D eigenvalue weighted by Gasteiger charge is 2.33. The lowest BCUT2D eigenvalue weighted by atomic mass is 10.1. The minimum Gasteiger partial charge on any atom is -0.494 e. The molecule has 0 aliphatic heterocycles. The van der Waals surface area contributed by atoms with Crippen molar-refractivity contribution < 1.29 is 22.7 Å². The van der Waals surface area contributed by atoms with Gasteiger partial charge in [-0.05, 0) is 68.7 Å². The molecule has 0 radical (unpaired) electrons. The van der Waals surface area contributed by atoms with E-state index < -0.39 is 28.5 Å². The number of unbranched alkanes of at least 4 members (excludes halogenated alkanes) is 1. The van der Waals surface area contributed by atoms with Gasteiger partial charge in [0.05, 0.1) is 17.2 Å². The highest BCUT2D eigenvalue weighted by Crippen LogP contribution is 2.27. The van der Waals surface area contributed by atoms with Crippen molar-refractivity contribution in [2.45, 2.75) is 64.4 Å². The average Bonchev–Trinajstić information content (AvgIpc) is 2.97. The van der Waals surface area contributed by atoms with E-state index in [9.17, 15) is 18.0 Å². The first-order valence-corrected chi connectivity index (χ1v) is 15.6. The number of nitrogens with one attached hydrogen (secondary N) is 1. The third kappa shape index (κ3) is 8.57. The van der Waals surface area contributed by atoms with E-state index in [1.165, 1.54) is 17.0 Å². The molecule has 9 heteroatoms. The van der Waals surface area contributed by atoms with Crippen molar-refractivity contribution in [1.82, 2.24) is 10.2 Å². The summed E-state index contributed by atoms with van der Waals surface area (Å²) in [6.45, 7) is 8.40. The van der Waals surface area contributed by atoms with Gasteiger partial charge in [-0.25, -0.2) is 8.42 Å². The van der Waals surface area contributed by atoms with E-state index in [2.05, 4.69) is 5.32 Å². The van der Waals surface area contributed by atoms with E-state index in [-0.39, 0.29) is 17.3 Å². The molecule has 41 heavy (non-hydrogen) atoms. The zero-order chi connectivity index (χ0) is 29.8. The first-order valence-electron chi connectivity index (χ1n) is 14.1. The molecule has 220 valence electrons. The summed E-state index contributed by atoms with van der Waals surface area (Å²) in [5.74, 6) is -0.131. The Labute approximate surface area is 244 Å². The molecule has 0 heterocycles. The monoisotopic (exact) mass is 579 g/mol. The SMILES string of the molecule is CCCCNC(=O)[C@H](CC)N(Cc1cccc(C)c1)C(=O)CN(c1ccc(OCC)cc1)S(=O)(=O)c1ccccc1. The van der Waals surface area contributed by atoms with Gasteiger partial charge in [0.25, 0.3) is 10.0 Å². The molecular weight excluding hydrogens is 538 g/mol. The second-order valence-electron chi connectivity index (χ2n) is 9.83. The lowest BCUT2D eigenvalue weighted by Gasteiger charge is -2.33. The maximum Gasteiger partial charge on any atom is 0.264 e. The maximum atomic E-state index is 14.1. The quantitative estimate of drug-likeness (QED) is 0.246. The largest absolute Gasteiger partial charge is 0.494 e. The van der Waals surface area contributed by atoms with E-state index in [0.29, 0.717) is 31.0 Å². The summed E-state index contributed by atoms with van der Waals surface area (Å²) in [4.78, 5) is 29.0. The van der Waals surface area contributed by atoms with Crippen LogP contribution >= 0.6 is 0 Å². The molecule has 0 saturated carbocycles. The van der Waals surface area contributed by atoms with Crippen molar-refractivity contribution in [2.24, 2.45) is 0 Å². The Morgan fingerprint density at radius 1 is 0.927 bits per heavy atom. The second kappa shape index (κ2) is 15.2. The van der Waals surface area contributed by atoms with Crippen LogP contribution < -0.4 is 14.4 Å². The van der Waals surface area contributed by atoms with Crippen molar-refractivity contribution in [2.75, 3.05) is 24.0 Å². The van der Waals surface area contributed by atoms with Crippen LogP contribution in [0.2, 0.25) is 0 Å². The molecule has 0 aliphatic carbocycles. The number of carbonyl (C=O) groups excluding carboxylic acids is 2. The Hall–Kier alpha value is -3.85. The predicted octanol–water partition coefficient (Wildman–Crippen LogP) is 5.31. The van der Waals surface area contributed by atoms with Crippen LogP contribution in [0.15, 0.2) is 83.8 Å². The molecule has 0 fully saturated rings. The average molecular weight is 580 g/mol. The minimum absolute atomic E-state index is 0.0660. The first-order chi connectivity index (χ1) is 19.7. The molecule has 3 aromatic carbocycles. The van der Waals surface area contributed by atoms with Crippen molar-refractivity contribution >= 4 is 27.5 Å². The number of amides is 2. The standard InChI is InChI=1S/C32H41N3O5S/c1-5-8-21-33-32(37)30(6-2)34(23-26-14-12-13-25(4)22-26)31(36)24-35(27-17-19-28(20-18-27)40-7-3)41(38,39)29-15-10-9-11-16-29/h9-20,22,30H,5-8,21,23-24H2,1-4H3,(H,33,37)/t30-/m0/s1. The summed E-state index contributed by atoms with van der Waals surface area (Å²) in [5, 5.41) is 2.95. The van der Waals surface area contributed by atoms with Gasteiger partial charge in [0, 0.05) is 13.1 Å². The van der Waals surface area contributed by atoms with Crippen LogP contribution in [0.25, 0.3) is 0 Å². The number of nitrogens with zero attached hydrogens (tertiary/aromatic N) is 2. The van der Waals surface area contributed by atoms with Crippen LogP contribution in [0.3, 0.4) is 0 Å². The summed E-state index contributed by atoms with van der Waals surface area (Å²) >= 11 is 0. The van der Waals surface area contributed by atoms with Crippen molar-refractivity contribution in [3.8, 4) is 5.75 Å². The zero-order valence-corrected chi connectivity index (χ0v) is 25.2. The molecule has 0 saturated heterocycles. The number of sulfonamides is 1. The predicted molar refractivity (Wildman–Crippen MR) is 162 cm³/mol. The van der Waals surface area contributed by atoms with Gasteiger partial charge in [0.1, 0.15) is 18.3 Å². The lowest BCUT2D eigenvalue weighted by molar-refractivity contribution is -0.140. The maximum absolute atomic E-state index is 14.1. The number of hydrogen-bond acceptors (Lipinski definition) is 5. The summed E-state index contributed by atoms with van der Waals surface area (Å²) in [5.41, 5.74) is 2.20. The molecule has 0 spiro atoms. The van der Waals surface area contributed by atoms with Gasteiger partial charge < -0.3 is 15.0 Å². The van der Waals surface area contributed by atoms with Crippen LogP contribution in [0.4, 0.5) is 5.69 Å². The van der Waals surface area contributed by atoms with Gasteiger partial charge in [-0.3, -0.25) is 13.9 Å².